The third-order valence-electron chi connectivity index (χ3n) is 4.20. The Hall–Kier alpha value is -0.960. The summed E-state index contributed by atoms with van der Waals surface area (Å²) in [5, 5.41) is 0. The molecule has 1 saturated carbocycles. The fraction of sp³-hybridized carbons (Fsp3) is 0.500. The van der Waals surface area contributed by atoms with Crippen molar-refractivity contribution in [2.24, 2.45) is 5.92 Å². The Kier molecular flexibility index (Phi) is 4.53. The average Bonchev–Trinajstić information content (AvgIpc) is 3.18. The van der Waals surface area contributed by atoms with Gasteiger partial charge in [0, 0.05) is 26.2 Å². The summed E-state index contributed by atoms with van der Waals surface area (Å²) < 4.78 is 51.3. The fourth-order valence-electron chi connectivity index (χ4n) is 2.64. The van der Waals surface area contributed by atoms with Crippen LogP contribution in [0.3, 0.4) is 0 Å². The minimum atomic E-state index is -3.94. The molecule has 1 aromatic rings. The quantitative estimate of drug-likeness (QED) is 0.731. The molecule has 0 spiro atoms. The topological polar surface area (TPSA) is 57.7 Å². The second-order valence-corrected chi connectivity index (χ2v) is 9.30. The van der Waals surface area contributed by atoms with E-state index >= 15 is 0 Å². The highest BCUT2D eigenvalue weighted by molar-refractivity contribution is 7.89. The zero-order valence-corrected chi connectivity index (χ0v) is 14.7. The summed E-state index contributed by atoms with van der Waals surface area (Å²) in [6.07, 6.45) is 0.391. The van der Waals surface area contributed by atoms with Crippen molar-refractivity contribution in [1.82, 2.24) is 9.21 Å². The van der Waals surface area contributed by atoms with Gasteiger partial charge in [-0.3, -0.25) is 4.79 Å². The van der Waals surface area contributed by atoms with Crippen molar-refractivity contribution in [3.05, 3.63) is 29.8 Å². The smallest absolute Gasteiger partial charge is 0.243 e. The molecule has 1 amide bonds. The van der Waals surface area contributed by atoms with Crippen LogP contribution in [0.15, 0.2) is 23.1 Å². The molecule has 1 aliphatic heterocycles. The molecule has 1 heterocycles. The number of benzene rings is 1. The summed E-state index contributed by atoms with van der Waals surface area (Å²) in [5.74, 6) is -2.97. The van der Waals surface area contributed by atoms with E-state index in [2.05, 4.69) is 0 Å². The lowest BCUT2D eigenvalue weighted by Gasteiger charge is -2.34. The van der Waals surface area contributed by atoms with Crippen molar-refractivity contribution in [2.75, 3.05) is 26.2 Å². The lowest BCUT2D eigenvalue weighted by Crippen LogP contribution is -2.51. The van der Waals surface area contributed by atoms with Crippen LogP contribution < -0.4 is 0 Å². The Bertz CT molecular complexity index is 780. The van der Waals surface area contributed by atoms with E-state index in [0.29, 0.717) is 12.5 Å². The minimum absolute atomic E-state index is 0.0668. The summed E-state index contributed by atoms with van der Waals surface area (Å²) in [5.41, 5.74) is 0. The number of amides is 1. The number of hydrogen-bond donors (Lipinski definition) is 0. The van der Waals surface area contributed by atoms with Gasteiger partial charge < -0.3 is 4.90 Å². The third kappa shape index (κ3) is 3.24. The molecule has 1 aliphatic carbocycles. The Morgan fingerprint density at radius 1 is 1.12 bits per heavy atom. The lowest BCUT2D eigenvalue weighted by molar-refractivity contribution is -0.133. The molecule has 1 aromatic carbocycles. The van der Waals surface area contributed by atoms with Gasteiger partial charge in [-0.2, -0.15) is 4.31 Å². The number of rotatable bonds is 3. The number of halogens is 4. The Morgan fingerprint density at radius 2 is 1.71 bits per heavy atom. The van der Waals surface area contributed by atoms with Crippen LogP contribution in [0.1, 0.15) is 6.42 Å². The molecule has 0 radical (unpaired) electrons. The van der Waals surface area contributed by atoms with Crippen LogP contribution in [0.2, 0.25) is 0 Å². The van der Waals surface area contributed by atoms with E-state index in [1.165, 1.54) is 4.90 Å². The highest BCUT2D eigenvalue weighted by Gasteiger charge is 2.57. The van der Waals surface area contributed by atoms with Crippen molar-refractivity contribution in [3.8, 4) is 0 Å². The van der Waals surface area contributed by atoms with Gasteiger partial charge in [-0.05, 0) is 24.6 Å². The molecule has 1 unspecified atom stereocenters. The maximum atomic E-state index is 13.3. The maximum Gasteiger partial charge on any atom is 0.243 e. The van der Waals surface area contributed by atoms with Gasteiger partial charge in [0.25, 0.3) is 0 Å². The highest BCUT2D eigenvalue weighted by atomic mass is 35.5. The first-order valence-corrected chi connectivity index (χ1v) is 9.44. The number of sulfonamides is 1. The molecule has 3 rings (SSSR count). The zero-order valence-electron chi connectivity index (χ0n) is 12.4. The van der Waals surface area contributed by atoms with Gasteiger partial charge >= 0.3 is 0 Å². The Labute approximate surface area is 148 Å². The molecular formula is C14H14Cl2F2N2O3S. The Morgan fingerprint density at radius 3 is 2.21 bits per heavy atom. The van der Waals surface area contributed by atoms with E-state index in [4.69, 9.17) is 23.2 Å². The molecule has 5 nitrogen and oxygen atoms in total. The number of carbonyl (C=O) groups is 1. The maximum absolute atomic E-state index is 13.3. The molecule has 1 saturated heterocycles. The van der Waals surface area contributed by atoms with E-state index in [0.717, 1.165) is 16.4 Å². The molecule has 10 heteroatoms. The standard InChI is InChI=1S/C14H14Cl2F2N2O3S/c15-14(16)8-10(14)13(21)19-3-5-20(6-4-19)24(22,23)9-1-2-11(17)12(18)7-9/h1-2,7,10H,3-6,8H2. The van der Waals surface area contributed by atoms with Crippen molar-refractivity contribution in [1.29, 1.82) is 0 Å². The van der Waals surface area contributed by atoms with Crippen LogP contribution in [0, 0.1) is 17.6 Å². The van der Waals surface area contributed by atoms with Crippen molar-refractivity contribution >= 4 is 39.1 Å². The van der Waals surface area contributed by atoms with Crippen molar-refractivity contribution < 1.29 is 22.0 Å². The van der Waals surface area contributed by atoms with Gasteiger partial charge in [0.15, 0.2) is 11.6 Å². The molecule has 24 heavy (non-hydrogen) atoms. The van der Waals surface area contributed by atoms with Gasteiger partial charge in [-0.1, -0.05) is 0 Å². The minimum Gasteiger partial charge on any atom is -0.340 e. The molecule has 0 N–H and O–H groups in total. The lowest BCUT2D eigenvalue weighted by atomic mass is 10.3. The number of carbonyl (C=O) groups excluding carboxylic acids is 1. The van der Waals surface area contributed by atoms with Gasteiger partial charge in [0.05, 0.1) is 10.8 Å². The van der Waals surface area contributed by atoms with Crippen molar-refractivity contribution in [2.45, 2.75) is 15.6 Å². The first-order valence-electron chi connectivity index (χ1n) is 7.25. The first kappa shape index (κ1) is 17.8. The first-order chi connectivity index (χ1) is 11.1. The molecule has 2 fully saturated rings. The largest absolute Gasteiger partial charge is 0.340 e. The molecule has 132 valence electrons. The summed E-state index contributed by atoms with van der Waals surface area (Å²) >= 11 is 11.8. The van der Waals surface area contributed by atoms with Gasteiger partial charge in [-0.15, -0.1) is 23.2 Å². The highest BCUT2D eigenvalue weighted by Crippen LogP contribution is 2.53. The van der Waals surface area contributed by atoms with E-state index in [-0.39, 0.29) is 37.0 Å². The van der Waals surface area contributed by atoms with Crippen LogP contribution in [-0.4, -0.2) is 54.0 Å². The van der Waals surface area contributed by atoms with Crippen LogP contribution in [-0.2, 0) is 14.8 Å². The Balaban J connectivity index is 1.67. The number of piperazine rings is 1. The second-order valence-electron chi connectivity index (χ2n) is 5.82. The number of hydrogen-bond acceptors (Lipinski definition) is 3. The molecule has 2 aliphatic rings. The van der Waals surface area contributed by atoms with Gasteiger partial charge in [0.1, 0.15) is 4.33 Å². The summed E-state index contributed by atoms with van der Waals surface area (Å²) in [4.78, 5) is 13.4. The van der Waals surface area contributed by atoms with Gasteiger partial charge in [0.2, 0.25) is 15.9 Å². The average molecular weight is 399 g/mol. The summed E-state index contributed by atoms with van der Waals surface area (Å²) in [6.45, 7) is 0.527. The van der Waals surface area contributed by atoms with Crippen LogP contribution in [0.5, 0.6) is 0 Å². The summed E-state index contributed by atoms with van der Waals surface area (Å²) in [6, 6.07) is 2.45. The number of alkyl halides is 2. The molecular weight excluding hydrogens is 385 g/mol. The normalized spacial score (nSPS) is 24.0. The number of nitrogens with zero attached hydrogens (tertiary/aromatic N) is 2. The van der Waals surface area contributed by atoms with E-state index < -0.39 is 31.9 Å². The monoisotopic (exact) mass is 398 g/mol. The van der Waals surface area contributed by atoms with E-state index in [1.54, 1.807) is 0 Å². The summed E-state index contributed by atoms with van der Waals surface area (Å²) in [7, 11) is -3.94. The van der Waals surface area contributed by atoms with E-state index in [1.807, 2.05) is 0 Å². The van der Waals surface area contributed by atoms with Gasteiger partial charge in [-0.25, -0.2) is 17.2 Å². The van der Waals surface area contributed by atoms with Crippen LogP contribution in [0.25, 0.3) is 0 Å². The van der Waals surface area contributed by atoms with Crippen LogP contribution in [0.4, 0.5) is 8.78 Å². The predicted octanol–water partition coefficient (Wildman–Crippen LogP) is 1.99. The zero-order chi connectivity index (χ0) is 17.7. The second kappa shape index (κ2) is 6.09. The molecule has 0 bridgehead atoms. The third-order valence-corrected chi connectivity index (χ3v) is 6.93. The van der Waals surface area contributed by atoms with Crippen LogP contribution >= 0.6 is 23.2 Å². The van der Waals surface area contributed by atoms with E-state index in [9.17, 15) is 22.0 Å². The molecule has 1 atom stereocenters. The fourth-order valence-corrected chi connectivity index (χ4v) is 4.57. The molecule has 0 aromatic heterocycles. The predicted molar refractivity (Wildman–Crippen MR) is 84.2 cm³/mol. The van der Waals surface area contributed by atoms with Crippen molar-refractivity contribution in [3.63, 3.8) is 0 Å². The SMILES string of the molecule is O=C(C1CC1(Cl)Cl)N1CCN(S(=O)(=O)c2ccc(F)c(F)c2)CC1.